The van der Waals surface area contributed by atoms with Crippen LogP contribution in [0.1, 0.15) is 219 Å². The molecule has 0 aromatic heterocycles. The van der Waals surface area contributed by atoms with Gasteiger partial charge < -0.3 is 20.1 Å². The van der Waals surface area contributed by atoms with Gasteiger partial charge in [0, 0.05) is 19.4 Å². The van der Waals surface area contributed by atoms with Gasteiger partial charge in [-0.25, -0.2) is 4.57 Å². The molecule has 0 amide bonds. The normalized spacial score (nSPS) is 14.4. The Morgan fingerprint density at radius 1 is 0.353 bits per heavy atom. The topological polar surface area (TPSA) is 134 Å². The van der Waals surface area contributed by atoms with E-state index in [2.05, 4.69) is 214 Å². The van der Waals surface area contributed by atoms with Gasteiger partial charge in [0.2, 0.25) is 0 Å². The van der Waals surface area contributed by atoms with E-state index in [0.717, 1.165) is 135 Å². The van der Waals surface area contributed by atoms with Crippen molar-refractivity contribution in [1.82, 2.24) is 0 Å². The van der Waals surface area contributed by atoms with E-state index in [1.165, 1.54) is 38.5 Å². The van der Waals surface area contributed by atoms with Gasteiger partial charge >= 0.3 is 19.8 Å². The molecule has 2 atom stereocenters. The average Bonchev–Trinajstić information content (AvgIpc) is 3.52. The molecular formula is C75H116NO8P. The van der Waals surface area contributed by atoms with Crippen LogP contribution < -0.4 is 5.73 Å². The lowest BCUT2D eigenvalue weighted by Gasteiger charge is -2.19. The van der Waals surface area contributed by atoms with Crippen molar-refractivity contribution in [2.24, 2.45) is 5.73 Å². The number of esters is 2. The van der Waals surface area contributed by atoms with E-state index in [4.69, 9.17) is 24.3 Å². The smallest absolute Gasteiger partial charge is 0.462 e. The van der Waals surface area contributed by atoms with E-state index >= 15 is 0 Å². The largest absolute Gasteiger partial charge is 0.472 e. The second-order valence-electron chi connectivity index (χ2n) is 20.5. The molecule has 0 heterocycles. The van der Waals surface area contributed by atoms with E-state index in [1.54, 1.807) is 0 Å². The van der Waals surface area contributed by atoms with E-state index in [1.807, 2.05) is 6.08 Å². The van der Waals surface area contributed by atoms with Crippen LogP contribution in [0.3, 0.4) is 0 Å². The van der Waals surface area contributed by atoms with Crippen molar-refractivity contribution in [1.29, 1.82) is 0 Å². The number of hydrogen-bond donors (Lipinski definition) is 2. The zero-order chi connectivity index (χ0) is 61.6. The first-order valence-corrected chi connectivity index (χ1v) is 34.1. The first-order valence-electron chi connectivity index (χ1n) is 32.6. The van der Waals surface area contributed by atoms with Gasteiger partial charge in [-0.3, -0.25) is 18.6 Å². The molecule has 0 aromatic rings. The minimum atomic E-state index is -4.43. The average molecular weight is 1190 g/mol. The van der Waals surface area contributed by atoms with Gasteiger partial charge in [-0.15, -0.1) is 0 Å². The zero-order valence-electron chi connectivity index (χ0n) is 53.0. The predicted molar refractivity (Wildman–Crippen MR) is 366 cm³/mol. The van der Waals surface area contributed by atoms with Crippen LogP contribution >= 0.6 is 7.82 Å². The van der Waals surface area contributed by atoms with Crippen molar-refractivity contribution >= 4 is 19.8 Å². The van der Waals surface area contributed by atoms with Gasteiger partial charge in [-0.05, 0) is 141 Å². The van der Waals surface area contributed by atoms with E-state index in [-0.39, 0.29) is 32.6 Å². The molecule has 0 fully saturated rings. The number of ether oxygens (including phenoxy) is 2. The van der Waals surface area contributed by atoms with Gasteiger partial charge in [0.1, 0.15) is 6.61 Å². The highest BCUT2D eigenvalue weighted by Gasteiger charge is 2.26. The van der Waals surface area contributed by atoms with Crippen LogP contribution in [0.2, 0.25) is 0 Å². The Labute approximate surface area is 518 Å². The minimum absolute atomic E-state index is 0.0319. The number of rotatable bonds is 58. The Kier molecular flexibility index (Phi) is 63.4. The quantitative estimate of drug-likeness (QED) is 0.0264. The number of phosphoric ester groups is 1. The number of nitrogens with two attached hydrogens (primary N) is 1. The van der Waals surface area contributed by atoms with Crippen molar-refractivity contribution in [3.63, 3.8) is 0 Å². The van der Waals surface area contributed by atoms with Gasteiger partial charge in [-0.2, -0.15) is 0 Å². The van der Waals surface area contributed by atoms with E-state index in [0.29, 0.717) is 19.3 Å². The number of carbonyl (C=O) groups excluding carboxylic acids is 2. The highest BCUT2D eigenvalue weighted by Crippen LogP contribution is 2.43. The fourth-order valence-electron chi connectivity index (χ4n) is 7.95. The molecule has 474 valence electrons. The molecule has 0 saturated heterocycles. The Hall–Kier alpha value is -5.41. The molecule has 0 aromatic carbocycles. The van der Waals surface area contributed by atoms with Crippen LogP contribution in [-0.2, 0) is 32.7 Å². The Bertz CT molecular complexity index is 2140. The molecule has 0 radical (unpaired) electrons. The molecule has 85 heavy (non-hydrogen) atoms. The molecule has 3 N–H and O–H groups in total. The second kappa shape index (κ2) is 67.7. The summed E-state index contributed by atoms with van der Waals surface area (Å²) in [6.45, 7) is 3.41. The number of allylic oxidation sites excluding steroid dienone is 34. The fraction of sp³-hybridized carbons (Fsp3) is 0.520. The summed E-state index contributed by atoms with van der Waals surface area (Å²) >= 11 is 0. The summed E-state index contributed by atoms with van der Waals surface area (Å²) in [7, 11) is -4.43. The fourth-order valence-corrected chi connectivity index (χ4v) is 8.71. The lowest BCUT2D eigenvalue weighted by atomic mass is 10.1. The molecule has 0 aliphatic heterocycles. The molecular weight excluding hydrogens is 1070 g/mol. The molecule has 10 heteroatoms. The molecule has 0 saturated carbocycles. The third-order valence-electron chi connectivity index (χ3n) is 12.7. The molecule has 9 nitrogen and oxygen atoms in total. The molecule has 0 spiro atoms. The third kappa shape index (κ3) is 67.6. The third-order valence-corrected chi connectivity index (χ3v) is 13.6. The maximum atomic E-state index is 12.7. The van der Waals surface area contributed by atoms with Crippen molar-refractivity contribution in [3.8, 4) is 0 Å². The Balaban J connectivity index is 4.10. The van der Waals surface area contributed by atoms with Gasteiger partial charge in [-0.1, -0.05) is 272 Å². The molecule has 0 aliphatic carbocycles. The highest BCUT2D eigenvalue weighted by atomic mass is 31.2. The van der Waals surface area contributed by atoms with Crippen LogP contribution in [0.5, 0.6) is 0 Å². The van der Waals surface area contributed by atoms with Crippen molar-refractivity contribution in [2.75, 3.05) is 26.4 Å². The standard InChI is InChI=1S/C75H116NO8P/c1-3-5-7-9-11-13-15-17-19-21-23-25-27-29-31-33-34-35-36-37-38-40-41-43-45-47-49-51-53-55-57-59-61-63-65-67-74(77)81-71-73(72-83-85(79,80)82-70-69-76)84-75(78)68-66-64-62-60-58-56-54-52-50-48-46-44-42-39-32-30-28-26-24-22-20-18-16-14-12-10-8-6-4-2/h5-8,11-14,17-20,23-26,29-32,34-35,37-38,41-44,48,50,54,56,60,62,73H,3-4,9-10,15-16,21-22,27-28,33,36,39-40,45-47,49,51-53,55,57-59,61,63-72,76H2,1-2H3,(H,79,80)/b7-5-,8-6-,13-11-,14-12-,19-17-,20-18-,25-23-,26-24-,31-29-,32-30-,35-34-,38-37-,43-41-,44-42-,50-48-,56-54-,62-60-. The number of unbranched alkanes of at least 4 members (excludes halogenated alkanes) is 11. The first-order chi connectivity index (χ1) is 41.8. The lowest BCUT2D eigenvalue weighted by molar-refractivity contribution is -0.161. The summed E-state index contributed by atoms with van der Waals surface area (Å²) in [5.41, 5.74) is 5.39. The van der Waals surface area contributed by atoms with Crippen LogP contribution in [-0.4, -0.2) is 49.3 Å². The highest BCUT2D eigenvalue weighted by molar-refractivity contribution is 7.47. The monoisotopic (exact) mass is 1190 g/mol. The Morgan fingerprint density at radius 3 is 0.941 bits per heavy atom. The predicted octanol–water partition coefficient (Wildman–Crippen LogP) is 21.5. The van der Waals surface area contributed by atoms with Crippen LogP contribution in [0, 0.1) is 0 Å². The maximum Gasteiger partial charge on any atom is 0.472 e. The van der Waals surface area contributed by atoms with Crippen molar-refractivity contribution < 1.29 is 37.6 Å². The van der Waals surface area contributed by atoms with Crippen molar-refractivity contribution in [2.45, 2.75) is 225 Å². The van der Waals surface area contributed by atoms with Gasteiger partial charge in [0.05, 0.1) is 13.2 Å². The minimum Gasteiger partial charge on any atom is -0.462 e. The molecule has 2 unspecified atom stereocenters. The summed E-state index contributed by atoms with van der Waals surface area (Å²) in [4.78, 5) is 35.3. The summed E-state index contributed by atoms with van der Waals surface area (Å²) in [5.74, 6) is -0.920. The van der Waals surface area contributed by atoms with Crippen LogP contribution in [0.25, 0.3) is 0 Å². The first kappa shape index (κ1) is 79.6. The zero-order valence-corrected chi connectivity index (χ0v) is 53.9. The summed E-state index contributed by atoms with van der Waals surface area (Å²) in [5, 5.41) is 0. The van der Waals surface area contributed by atoms with Crippen LogP contribution in [0.4, 0.5) is 0 Å². The van der Waals surface area contributed by atoms with Crippen molar-refractivity contribution in [3.05, 3.63) is 207 Å². The number of phosphoric acid groups is 1. The summed E-state index contributed by atoms with van der Waals surface area (Å²) < 4.78 is 33.0. The number of hydrogen-bond acceptors (Lipinski definition) is 8. The SMILES string of the molecule is CC/C=C\C/C=C\C/C=C\C/C=C\C/C=C\C/C=C\C/C=C\C/C=C\C/C=C\CCCC(=O)OC(COC(=O)CCCCCCCCCCCC/C=C\C/C=C\C/C=C\C/C=C\C/C=C\C/C=C\C/C=C\C/C=C\CC)COP(=O)(O)OCCN. The second-order valence-corrected chi connectivity index (χ2v) is 22.0. The lowest BCUT2D eigenvalue weighted by Crippen LogP contribution is -2.29. The van der Waals surface area contributed by atoms with Gasteiger partial charge in [0.15, 0.2) is 6.10 Å². The van der Waals surface area contributed by atoms with Crippen LogP contribution in [0.15, 0.2) is 207 Å². The van der Waals surface area contributed by atoms with Gasteiger partial charge in [0.25, 0.3) is 0 Å². The Morgan fingerprint density at radius 2 is 0.624 bits per heavy atom. The van der Waals surface area contributed by atoms with E-state index < -0.39 is 32.5 Å². The number of carbonyl (C=O) groups is 2. The summed E-state index contributed by atoms with van der Waals surface area (Å²) in [6.07, 6.45) is 105. The molecule has 0 aliphatic rings. The van der Waals surface area contributed by atoms with E-state index in [9.17, 15) is 19.0 Å². The molecule has 0 bridgehead atoms. The summed E-state index contributed by atoms with van der Waals surface area (Å²) in [6, 6.07) is 0. The molecule has 0 rings (SSSR count). The maximum absolute atomic E-state index is 12.7.